The zero-order valence-electron chi connectivity index (χ0n) is 30.0. The van der Waals surface area contributed by atoms with Crippen LogP contribution in [0.3, 0.4) is 0 Å². The predicted octanol–water partition coefficient (Wildman–Crippen LogP) is 14.1. The Morgan fingerprint density at radius 3 is 1.28 bits per heavy atom. The summed E-state index contributed by atoms with van der Waals surface area (Å²) in [6.07, 6.45) is 10.8. The molecular weight excluding hydrogens is 653 g/mol. The van der Waals surface area contributed by atoms with E-state index in [2.05, 4.69) is 192 Å². The zero-order chi connectivity index (χ0) is 35.6. The molecule has 2 heterocycles. The number of allylic oxidation sites excluding steroid dienone is 4. The molecule has 8 aromatic rings. The molecule has 0 unspecified atom stereocenters. The van der Waals surface area contributed by atoms with Gasteiger partial charge in [0.1, 0.15) is 0 Å². The number of rotatable bonds is 4. The molecule has 2 aliphatic heterocycles. The van der Waals surface area contributed by atoms with Gasteiger partial charge >= 0.3 is 0 Å². The lowest BCUT2D eigenvalue weighted by Gasteiger charge is -2.34. The monoisotopic (exact) mass is 690 g/mol. The quantitative estimate of drug-likeness (QED) is 0.170. The summed E-state index contributed by atoms with van der Waals surface area (Å²) < 4.78 is 0. The Hall–Kier alpha value is -6.64. The van der Waals surface area contributed by atoms with Crippen LogP contribution in [0.1, 0.15) is 40.7 Å². The molecule has 0 radical (unpaired) electrons. The highest BCUT2D eigenvalue weighted by molar-refractivity contribution is 6.20. The highest BCUT2D eigenvalue weighted by Gasteiger charge is 2.28. The van der Waals surface area contributed by atoms with Crippen LogP contribution in [0, 0.1) is 0 Å². The third kappa shape index (κ3) is 4.87. The van der Waals surface area contributed by atoms with Gasteiger partial charge in [-0.3, -0.25) is 0 Å². The molecule has 0 atom stereocenters. The molecule has 0 saturated carbocycles. The molecule has 256 valence electrons. The van der Waals surface area contributed by atoms with Crippen molar-refractivity contribution in [1.82, 2.24) is 0 Å². The van der Waals surface area contributed by atoms with E-state index in [9.17, 15) is 0 Å². The van der Waals surface area contributed by atoms with Gasteiger partial charge in [0.15, 0.2) is 0 Å². The molecule has 0 spiro atoms. The summed E-state index contributed by atoms with van der Waals surface area (Å²) >= 11 is 0. The van der Waals surface area contributed by atoms with Crippen molar-refractivity contribution in [2.75, 3.05) is 9.80 Å². The molecule has 0 N–H and O–H groups in total. The Kier molecular flexibility index (Phi) is 7.16. The van der Waals surface area contributed by atoms with Gasteiger partial charge in [-0.05, 0) is 127 Å². The van der Waals surface area contributed by atoms with Crippen LogP contribution in [-0.2, 0) is 12.8 Å². The second kappa shape index (κ2) is 12.5. The van der Waals surface area contributed by atoms with Crippen molar-refractivity contribution in [3.63, 3.8) is 0 Å². The first-order chi connectivity index (χ1) is 26.8. The van der Waals surface area contributed by atoms with Gasteiger partial charge in [-0.2, -0.15) is 0 Å². The summed E-state index contributed by atoms with van der Waals surface area (Å²) in [6, 6.07) is 61.0. The third-order valence-electron chi connectivity index (χ3n) is 11.7. The van der Waals surface area contributed by atoms with E-state index in [0.29, 0.717) is 0 Å². The number of benzene rings is 8. The van der Waals surface area contributed by atoms with E-state index < -0.39 is 0 Å². The summed E-state index contributed by atoms with van der Waals surface area (Å²) in [7, 11) is 0. The molecule has 0 fully saturated rings. The molecule has 1 aliphatic carbocycles. The summed E-state index contributed by atoms with van der Waals surface area (Å²) in [5.41, 5.74) is 18.1. The van der Waals surface area contributed by atoms with E-state index in [1.54, 1.807) is 0 Å². The highest BCUT2D eigenvalue weighted by atomic mass is 15.2. The SMILES string of the molecule is C1=CCCC(c2c3cc(N4c5ccccc5Cc5ccccc54)ccc3c(-c3ccccc3)c3ccc(N4c5ccccc5Cc5ccccc54)cc23)=C1. The number of para-hydroxylation sites is 4. The summed E-state index contributed by atoms with van der Waals surface area (Å²) in [6.45, 7) is 0. The van der Waals surface area contributed by atoms with E-state index in [4.69, 9.17) is 0 Å². The van der Waals surface area contributed by atoms with Crippen LogP contribution in [-0.4, -0.2) is 0 Å². The van der Waals surface area contributed by atoms with E-state index in [1.807, 2.05) is 0 Å². The van der Waals surface area contributed by atoms with Gasteiger partial charge in [0, 0.05) is 47.0 Å². The van der Waals surface area contributed by atoms with Crippen LogP contribution in [0.4, 0.5) is 34.1 Å². The van der Waals surface area contributed by atoms with Crippen molar-refractivity contribution in [3.8, 4) is 11.1 Å². The Morgan fingerprint density at radius 2 is 0.833 bits per heavy atom. The van der Waals surface area contributed by atoms with Crippen molar-refractivity contribution in [2.24, 2.45) is 0 Å². The predicted molar refractivity (Wildman–Crippen MR) is 228 cm³/mol. The minimum absolute atomic E-state index is 0.940. The first-order valence-electron chi connectivity index (χ1n) is 19.2. The fourth-order valence-corrected chi connectivity index (χ4v) is 9.30. The minimum Gasteiger partial charge on any atom is -0.310 e. The summed E-state index contributed by atoms with van der Waals surface area (Å²) in [5.74, 6) is 0. The van der Waals surface area contributed by atoms with E-state index in [0.717, 1.165) is 25.7 Å². The van der Waals surface area contributed by atoms with E-state index >= 15 is 0 Å². The molecule has 0 amide bonds. The summed E-state index contributed by atoms with van der Waals surface area (Å²) in [5, 5.41) is 5.14. The van der Waals surface area contributed by atoms with Crippen LogP contribution in [0.2, 0.25) is 0 Å². The van der Waals surface area contributed by atoms with Gasteiger partial charge in [-0.15, -0.1) is 0 Å². The second-order valence-electron chi connectivity index (χ2n) is 14.8. The molecule has 0 aromatic heterocycles. The smallest absolute Gasteiger partial charge is 0.0497 e. The molecule has 0 bridgehead atoms. The Labute approximate surface area is 316 Å². The first kappa shape index (κ1) is 30.9. The van der Waals surface area contributed by atoms with Gasteiger partial charge in [0.25, 0.3) is 0 Å². The Morgan fingerprint density at radius 1 is 0.389 bits per heavy atom. The number of hydrogen-bond acceptors (Lipinski definition) is 2. The number of fused-ring (bicyclic) bond motifs is 6. The van der Waals surface area contributed by atoms with E-state index in [1.165, 1.54) is 100 Å². The van der Waals surface area contributed by atoms with Crippen molar-refractivity contribution in [1.29, 1.82) is 0 Å². The van der Waals surface area contributed by atoms with Gasteiger partial charge in [-0.1, -0.05) is 133 Å². The van der Waals surface area contributed by atoms with E-state index in [-0.39, 0.29) is 0 Å². The molecule has 11 rings (SSSR count). The van der Waals surface area contributed by atoms with Gasteiger partial charge < -0.3 is 9.80 Å². The average Bonchev–Trinajstić information content (AvgIpc) is 3.24. The second-order valence-corrected chi connectivity index (χ2v) is 14.8. The lowest BCUT2D eigenvalue weighted by molar-refractivity contribution is 1.06. The first-order valence-corrected chi connectivity index (χ1v) is 19.2. The lowest BCUT2D eigenvalue weighted by Crippen LogP contribution is -2.18. The van der Waals surface area contributed by atoms with Crippen LogP contribution in [0.5, 0.6) is 0 Å². The molecule has 0 saturated heterocycles. The largest absolute Gasteiger partial charge is 0.310 e. The number of nitrogens with zero attached hydrogens (tertiary/aromatic N) is 2. The van der Waals surface area contributed by atoms with Crippen molar-refractivity contribution >= 4 is 61.2 Å². The van der Waals surface area contributed by atoms with Crippen LogP contribution < -0.4 is 9.80 Å². The van der Waals surface area contributed by atoms with Gasteiger partial charge in [0.05, 0.1) is 0 Å². The standard InChI is InChI=1S/C52H38N2/c1-3-15-35(16-4-1)51-43-29-27-41(53-47-23-11-7-19-37(47)31-38-20-8-12-24-48(38)53)33-45(43)52(36-17-5-2-6-18-36)46-34-42(28-30-44(46)51)54-49-25-13-9-21-39(49)32-40-22-10-14-26-50(40)54/h1-5,7-17,19-30,33-34H,6,18,31-32H2. The lowest BCUT2D eigenvalue weighted by atomic mass is 9.83. The minimum atomic E-state index is 0.940. The maximum absolute atomic E-state index is 2.48. The normalized spacial score (nSPS) is 14.3. The van der Waals surface area contributed by atoms with Crippen LogP contribution in [0.15, 0.2) is 182 Å². The highest BCUT2D eigenvalue weighted by Crippen LogP contribution is 2.50. The molecular formula is C52H38N2. The molecule has 8 aromatic carbocycles. The fourth-order valence-electron chi connectivity index (χ4n) is 9.30. The molecule has 3 aliphatic rings. The topological polar surface area (TPSA) is 6.48 Å². The zero-order valence-corrected chi connectivity index (χ0v) is 30.0. The van der Waals surface area contributed by atoms with Crippen molar-refractivity contribution in [2.45, 2.75) is 25.7 Å². The maximum Gasteiger partial charge on any atom is 0.0497 e. The van der Waals surface area contributed by atoms with Crippen molar-refractivity contribution < 1.29 is 0 Å². The Bertz CT molecular complexity index is 2590. The average molecular weight is 691 g/mol. The van der Waals surface area contributed by atoms with Crippen LogP contribution >= 0.6 is 0 Å². The van der Waals surface area contributed by atoms with Gasteiger partial charge in [-0.25, -0.2) is 0 Å². The molecule has 2 nitrogen and oxygen atoms in total. The fraction of sp³-hybridized carbons (Fsp3) is 0.0769. The van der Waals surface area contributed by atoms with Gasteiger partial charge in [0.2, 0.25) is 0 Å². The number of anilines is 6. The maximum atomic E-state index is 2.48. The Balaban J connectivity index is 1.23. The molecule has 2 heteroatoms. The third-order valence-corrected chi connectivity index (χ3v) is 11.7. The molecule has 54 heavy (non-hydrogen) atoms. The summed E-state index contributed by atoms with van der Waals surface area (Å²) in [4.78, 5) is 4.97. The number of hydrogen-bond donors (Lipinski definition) is 0. The van der Waals surface area contributed by atoms with Crippen molar-refractivity contribution in [3.05, 3.63) is 210 Å². The van der Waals surface area contributed by atoms with Crippen LogP contribution in [0.25, 0.3) is 38.2 Å².